The first-order valence-electron chi connectivity index (χ1n) is 10.5. The van der Waals surface area contributed by atoms with Gasteiger partial charge in [0.15, 0.2) is 0 Å². The highest BCUT2D eigenvalue weighted by molar-refractivity contribution is 6.07. The van der Waals surface area contributed by atoms with Crippen LogP contribution < -0.4 is 5.32 Å². The number of carbonyl (C=O) groups excluding carboxylic acids is 1. The van der Waals surface area contributed by atoms with Crippen LogP contribution in [0.25, 0.3) is 22.2 Å². The van der Waals surface area contributed by atoms with E-state index in [-0.39, 0.29) is 5.91 Å². The molecule has 0 radical (unpaired) electrons. The number of pyridine rings is 1. The van der Waals surface area contributed by atoms with Gasteiger partial charge in [0.05, 0.1) is 23.1 Å². The number of para-hydroxylation sites is 1. The maximum atomic E-state index is 13.0. The number of hydrogen-bond donors (Lipinski definition) is 1. The second-order valence-electron chi connectivity index (χ2n) is 7.43. The normalized spacial score (nSPS) is 11.0. The molecule has 4 aromatic rings. The highest BCUT2D eigenvalue weighted by atomic mass is 16.1. The Morgan fingerprint density at radius 1 is 1.10 bits per heavy atom. The number of fused-ring (bicyclic) bond motifs is 1. The maximum absolute atomic E-state index is 13.0. The van der Waals surface area contributed by atoms with Gasteiger partial charge in [0.2, 0.25) is 0 Å². The molecule has 2 aromatic carbocycles. The summed E-state index contributed by atoms with van der Waals surface area (Å²) in [5.41, 5.74) is 4.65. The zero-order valence-electron chi connectivity index (χ0n) is 17.2. The predicted molar refractivity (Wildman–Crippen MR) is 120 cm³/mol. The fourth-order valence-electron chi connectivity index (χ4n) is 3.62. The molecule has 5 heteroatoms. The van der Waals surface area contributed by atoms with E-state index in [4.69, 9.17) is 4.98 Å². The van der Waals surface area contributed by atoms with Crippen molar-refractivity contribution in [3.63, 3.8) is 0 Å². The summed E-state index contributed by atoms with van der Waals surface area (Å²) in [5.74, 6) is -0.0666. The minimum Gasteiger partial charge on any atom is -0.352 e. The van der Waals surface area contributed by atoms with E-state index in [9.17, 15) is 4.79 Å². The zero-order valence-corrected chi connectivity index (χ0v) is 17.2. The molecule has 2 aromatic heterocycles. The van der Waals surface area contributed by atoms with Crippen LogP contribution >= 0.6 is 0 Å². The fraction of sp³-hybridized carbons (Fsp3) is 0.240. The number of amides is 1. The maximum Gasteiger partial charge on any atom is 0.252 e. The van der Waals surface area contributed by atoms with Crippen LogP contribution in [-0.4, -0.2) is 27.0 Å². The predicted octanol–water partition coefficient (Wildman–Crippen LogP) is 4.87. The SMILES string of the molecule is CCCc1ccc(-c2cc(C(=O)NCCCn3ccnc3)c3ccccc3n2)cc1. The van der Waals surface area contributed by atoms with Crippen LogP contribution in [-0.2, 0) is 13.0 Å². The Morgan fingerprint density at radius 2 is 1.93 bits per heavy atom. The van der Waals surface area contributed by atoms with Gasteiger partial charge in [-0.05, 0) is 30.5 Å². The van der Waals surface area contributed by atoms with E-state index in [2.05, 4.69) is 41.5 Å². The van der Waals surface area contributed by atoms with Crippen molar-refractivity contribution >= 4 is 16.8 Å². The first kappa shape index (κ1) is 19.8. The number of nitrogens with one attached hydrogen (secondary N) is 1. The van der Waals surface area contributed by atoms with Crippen LogP contribution in [0.3, 0.4) is 0 Å². The van der Waals surface area contributed by atoms with Gasteiger partial charge in [-0.1, -0.05) is 55.8 Å². The molecule has 1 amide bonds. The Kier molecular flexibility index (Phi) is 6.18. The van der Waals surface area contributed by atoms with E-state index in [0.29, 0.717) is 12.1 Å². The molecule has 0 atom stereocenters. The highest BCUT2D eigenvalue weighted by Gasteiger charge is 2.13. The van der Waals surface area contributed by atoms with Gasteiger partial charge in [-0.15, -0.1) is 0 Å². The lowest BCUT2D eigenvalue weighted by atomic mass is 10.0. The van der Waals surface area contributed by atoms with Crippen LogP contribution in [0.4, 0.5) is 0 Å². The Balaban J connectivity index is 1.55. The van der Waals surface area contributed by atoms with Crippen LogP contribution in [0.2, 0.25) is 0 Å². The lowest BCUT2D eigenvalue weighted by Crippen LogP contribution is -2.25. The number of imidazole rings is 1. The minimum atomic E-state index is -0.0666. The van der Waals surface area contributed by atoms with Crippen LogP contribution in [0, 0.1) is 0 Å². The van der Waals surface area contributed by atoms with Crippen molar-refractivity contribution in [1.29, 1.82) is 0 Å². The van der Waals surface area contributed by atoms with E-state index < -0.39 is 0 Å². The monoisotopic (exact) mass is 398 g/mol. The van der Waals surface area contributed by atoms with Crippen LogP contribution in [0.1, 0.15) is 35.7 Å². The molecule has 0 fully saturated rings. The number of carbonyl (C=O) groups is 1. The van der Waals surface area contributed by atoms with Gasteiger partial charge >= 0.3 is 0 Å². The number of aromatic nitrogens is 3. The summed E-state index contributed by atoms with van der Waals surface area (Å²) >= 11 is 0. The average Bonchev–Trinajstić information content (AvgIpc) is 3.30. The summed E-state index contributed by atoms with van der Waals surface area (Å²) in [7, 11) is 0. The molecule has 0 spiro atoms. The third-order valence-corrected chi connectivity index (χ3v) is 5.19. The minimum absolute atomic E-state index is 0.0666. The van der Waals surface area contributed by atoms with Crippen LogP contribution in [0.5, 0.6) is 0 Å². The molecule has 4 rings (SSSR count). The quantitative estimate of drug-likeness (QED) is 0.431. The van der Waals surface area contributed by atoms with Crippen molar-refractivity contribution < 1.29 is 4.79 Å². The lowest BCUT2D eigenvalue weighted by Gasteiger charge is -2.11. The Morgan fingerprint density at radius 3 is 2.70 bits per heavy atom. The molecule has 0 aliphatic heterocycles. The number of nitrogens with zero attached hydrogens (tertiary/aromatic N) is 3. The molecular formula is C25H26N4O. The average molecular weight is 399 g/mol. The standard InChI is InChI=1S/C25H26N4O/c1-2-6-19-9-11-20(12-10-19)24-17-22(21-7-3-4-8-23(21)28-24)25(30)27-13-5-15-29-16-14-26-18-29/h3-4,7-12,14,16-18H,2,5-6,13,15H2,1H3,(H,27,30). The Labute approximate surface area is 176 Å². The van der Waals surface area contributed by atoms with Crippen LogP contribution in [0.15, 0.2) is 73.3 Å². The van der Waals surface area contributed by atoms with Gasteiger partial charge < -0.3 is 9.88 Å². The smallest absolute Gasteiger partial charge is 0.252 e. The number of hydrogen-bond acceptors (Lipinski definition) is 3. The number of rotatable bonds is 8. The summed E-state index contributed by atoms with van der Waals surface area (Å²) in [6.45, 7) is 3.61. The summed E-state index contributed by atoms with van der Waals surface area (Å²) in [5, 5.41) is 3.93. The van der Waals surface area contributed by atoms with Gasteiger partial charge in [-0.25, -0.2) is 9.97 Å². The molecule has 0 saturated heterocycles. The van der Waals surface area contributed by atoms with E-state index in [1.165, 1.54) is 5.56 Å². The van der Waals surface area contributed by atoms with Crippen molar-refractivity contribution in [1.82, 2.24) is 19.9 Å². The van der Waals surface area contributed by atoms with Gasteiger partial charge in [0.1, 0.15) is 0 Å². The molecule has 30 heavy (non-hydrogen) atoms. The van der Waals surface area contributed by atoms with E-state index >= 15 is 0 Å². The molecule has 152 valence electrons. The second-order valence-corrected chi connectivity index (χ2v) is 7.43. The first-order chi connectivity index (χ1) is 14.7. The van der Waals surface area contributed by atoms with Crippen molar-refractivity contribution in [2.75, 3.05) is 6.54 Å². The third-order valence-electron chi connectivity index (χ3n) is 5.19. The summed E-state index contributed by atoms with van der Waals surface area (Å²) in [6, 6.07) is 18.2. The topological polar surface area (TPSA) is 59.8 Å². The van der Waals surface area contributed by atoms with E-state index in [0.717, 1.165) is 48.0 Å². The van der Waals surface area contributed by atoms with Gasteiger partial charge in [-0.2, -0.15) is 0 Å². The van der Waals surface area contributed by atoms with Crippen molar-refractivity contribution in [2.45, 2.75) is 32.7 Å². The summed E-state index contributed by atoms with van der Waals surface area (Å²) < 4.78 is 2.01. The molecule has 5 nitrogen and oxygen atoms in total. The largest absolute Gasteiger partial charge is 0.352 e. The lowest BCUT2D eigenvalue weighted by molar-refractivity contribution is 0.0954. The molecule has 0 aliphatic carbocycles. The molecular weight excluding hydrogens is 372 g/mol. The van der Waals surface area contributed by atoms with Gasteiger partial charge in [0.25, 0.3) is 5.91 Å². The van der Waals surface area contributed by atoms with Crippen molar-refractivity contribution in [2.24, 2.45) is 0 Å². The second kappa shape index (κ2) is 9.35. The third kappa shape index (κ3) is 4.57. The highest BCUT2D eigenvalue weighted by Crippen LogP contribution is 2.25. The molecule has 1 N–H and O–H groups in total. The summed E-state index contributed by atoms with van der Waals surface area (Å²) in [6.07, 6.45) is 8.51. The molecule has 0 bridgehead atoms. The molecule has 2 heterocycles. The molecule has 0 saturated carbocycles. The number of aryl methyl sites for hydroxylation is 2. The first-order valence-corrected chi connectivity index (χ1v) is 10.5. The van der Waals surface area contributed by atoms with Gasteiger partial charge in [0, 0.05) is 36.4 Å². The Bertz CT molecular complexity index is 1120. The molecule has 0 unspecified atom stereocenters. The fourth-order valence-corrected chi connectivity index (χ4v) is 3.62. The summed E-state index contributed by atoms with van der Waals surface area (Å²) in [4.78, 5) is 21.8. The van der Waals surface area contributed by atoms with Crippen molar-refractivity contribution in [3.8, 4) is 11.3 Å². The Hall–Kier alpha value is -3.47. The van der Waals surface area contributed by atoms with E-state index in [1.54, 1.807) is 12.5 Å². The van der Waals surface area contributed by atoms with Gasteiger partial charge in [-0.3, -0.25) is 4.79 Å². The van der Waals surface area contributed by atoms with Crippen molar-refractivity contribution in [3.05, 3.63) is 84.4 Å². The number of benzene rings is 2. The zero-order chi connectivity index (χ0) is 20.8. The molecule has 0 aliphatic rings. The van der Waals surface area contributed by atoms with E-state index in [1.807, 2.05) is 41.1 Å².